The highest BCUT2D eigenvalue weighted by atomic mass is 15.3. The Labute approximate surface area is 114 Å². The lowest BCUT2D eigenvalue weighted by molar-refractivity contribution is 0.213. The molecule has 0 saturated carbocycles. The third-order valence-corrected chi connectivity index (χ3v) is 3.85. The second-order valence-electron chi connectivity index (χ2n) is 5.23. The molecule has 5 heteroatoms. The van der Waals surface area contributed by atoms with Gasteiger partial charge in [0.15, 0.2) is 0 Å². The quantitative estimate of drug-likeness (QED) is 0.634. The number of pyridine rings is 1. The first-order chi connectivity index (χ1) is 9.02. The van der Waals surface area contributed by atoms with Gasteiger partial charge in [-0.2, -0.15) is 0 Å². The molecule has 104 valence electrons. The Balaban J connectivity index is 2.31. The van der Waals surface area contributed by atoms with E-state index in [-0.39, 0.29) is 5.84 Å². The largest absolute Gasteiger partial charge is 0.384 e. The molecule has 0 radical (unpaired) electrons. The average Bonchev–Trinajstić information content (AvgIpc) is 2.38. The number of hydrogen-bond donors (Lipinski definition) is 2. The zero-order chi connectivity index (χ0) is 14.0. The molecule has 0 amide bonds. The first-order valence-corrected chi connectivity index (χ1v) is 6.80. The van der Waals surface area contributed by atoms with Gasteiger partial charge in [0.1, 0.15) is 11.7 Å². The number of rotatable bonds is 3. The SMILES string of the molecule is CCC1CN(c2nc(C)ccc2C(=N)N)CCN1C. The van der Waals surface area contributed by atoms with Crippen LogP contribution in [0.4, 0.5) is 5.82 Å². The lowest BCUT2D eigenvalue weighted by Gasteiger charge is -2.40. The van der Waals surface area contributed by atoms with Crippen LogP contribution in [0.25, 0.3) is 0 Å². The molecule has 1 aromatic rings. The van der Waals surface area contributed by atoms with E-state index in [1.807, 2.05) is 19.1 Å². The number of likely N-dealkylation sites (N-methyl/N-ethyl adjacent to an activating group) is 1. The van der Waals surface area contributed by atoms with Gasteiger partial charge in [-0.15, -0.1) is 0 Å². The first-order valence-electron chi connectivity index (χ1n) is 6.80. The van der Waals surface area contributed by atoms with Crippen LogP contribution in [0, 0.1) is 12.3 Å². The number of aryl methyl sites for hydroxylation is 1. The number of piperazine rings is 1. The molecule has 0 aliphatic carbocycles. The van der Waals surface area contributed by atoms with Crippen LogP contribution in [0.1, 0.15) is 24.6 Å². The van der Waals surface area contributed by atoms with Crippen LogP contribution in [0.5, 0.6) is 0 Å². The lowest BCUT2D eigenvalue weighted by atomic mass is 10.1. The van der Waals surface area contributed by atoms with E-state index < -0.39 is 0 Å². The van der Waals surface area contributed by atoms with Crippen molar-refractivity contribution in [2.75, 3.05) is 31.6 Å². The van der Waals surface area contributed by atoms with E-state index in [0.717, 1.165) is 43.1 Å². The zero-order valence-electron chi connectivity index (χ0n) is 12.0. The summed E-state index contributed by atoms with van der Waals surface area (Å²) in [7, 11) is 2.17. The van der Waals surface area contributed by atoms with Crippen molar-refractivity contribution in [3.63, 3.8) is 0 Å². The Morgan fingerprint density at radius 2 is 2.21 bits per heavy atom. The summed E-state index contributed by atoms with van der Waals surface area (Å²) in [5, 5.41) is 7.70. The topological polar surface area (TPSA) is 69.2 Å². The van der Waals surface area contributed by atoms with Gasteiger partial charge in [-0.25, -0.2) is 4.98 Å². The molecule has 1 unspecified atom stereocenters. The van der Waals surface area contributed by atoms with Gasteiger partial charge in [0.25, 0.3) is 0 Å². The fourth-order valence-electron chi connectivity index (χ4n) is 2.57. The van der Waals surface area contributed by atoms with E-state index in [1.54, 1.807) is 0 Å². The molecule has 19 heavy (non-hydrogen) atoms. The Hall–Kier alpha value is -1.62. The van der Waals surface area contributed by atoms with Crippen molar-refractivity contribution in [3.05, 3.63) is 23.4 Å². The van der Waals surface area contributed by atoms with Crippen LogP contribution in [0.2, 0.25) is 0 Å². The number of aromatic nitrogens is 1. The maximum Gasteiger partial charge on any atom is 0.139 e. The molecule has 1 aliphatic heterocycles. The van der Waals surface area contributed by atoms with Gasteiger partial charge >= 0.3 is 0 Å². The normalized spacial score (nSPS) is 20.6. The van der Waals surface area contributed by atoms with Crippen molar-refractivity contribution < 1.29 is 0 Å². The molecule has 1 aromatic heterocycles. The van der Waals surface area contributed by atoms with Crippen molar-refractivity contribution in [1.82, 2.24) is 9.88 Å². The van der Waals surface area contributed by atoms with Crippen molar-refractivity contribution in [2.45, 2.75) is 26.3 Å². The van der Waals surface area contributed by atoms with Gasteiger partial charge in [0.2, 0.25) is 0 Å². The van der Waals surface area contributed by atoms with Crippen molar-refractivity contribution in [1.29, 1.82) is 5.41 Å². The highest BCUT2D eigenvalue weighted by molar-refractivity contribution is 5.99. The summed E-state index contributed by atoms with van der Waals surface area (Å²) in [6, 6.07) is 4.35. The van der Waals surface area contributed by atoms with Crippen LogP contribution in [0.3, 0.4) is 0 Å². The van der Waals surface area contributed by atoms with Crippen LogP contribution >= 0.6 is 0 Å². The number of amidine groups is 1. The molecule has 1 fully saturated rings. The summed E-state index contributed by atoms with van der Waals surface area (Å²) in [6.07, 6.45) is 1.12. The number of nitrogens with zero attached hydrogens (tertiary/aromatic N) is 3. The highest BCUT2D eigenvalue weighted by Gasteiger charge is 2.25. The summed E-state index contributed by atoms with van der Waals surface area (Å²) in [5.41, 5.74) is 7.38. The highest BCUT2D eigenvalue weighted by Crippen LogP contribution is 2.22. The van der Waals surface area contributed by atoms with Crippen LogP contribution in [-0.2, 0) is 0 Å². The van der Waals surface area contributed by atoms with Gasteiger partial charge < -0.3 is 10.6 Å². The number of nitrogens with two attached hydrogens (primary N) is 1. The molecule has 1 atom stereocenters. The number of hydrogen-bond acceptors (Lipinski definition) is 4. The Morgan fingerprint density at radius 1 is 1.47 bits per heavy atom. The maximum atomic E-state index is 7.70. The minimum atomic E-state index is 0.0921. The van der Waals surface area contributed by atoms with Gasteiger partial charge in [-0.3, -0.25) is 10.3 Å². The molecule has 1 aliphatic rings. The second-order valence-corrected chi connectivity index (χ2v) is 5.23. The second kappa shape index (κ2) is 5.57. The summed E-state index contributed by atoms with van der Waals surface area (Å²) in [4.78, 5) is 9.25. The maximum absolute atomic E-state index is 7.70. The molecule has 5 nitrogen and oxygen atoms in total. The zero-order valence-corrected chi connectivity index (χ0v) is 12.0. The molecule has 0 spiro atoms. The van der Waals surface area contributed by atoms with E-state index in [1.165, 1.54) is 0 Å². The molecule has 2 rings (SSSR count). The van der Waals surface area contributed by atoms with E-state index >= 15 is 0 Å². The van der Waals surface area contributed by atoms with Crippen LogP contribution < -0.4 is 10.6 Å². The standard InChI is InChI=1S/C14H23N5/c1-4-11-9-19(8-7-18(11)3)14-12(13(15)16)6-5-10(2)17-14/h5-6,11H,4,7-9H2,1-3H3,(H3,15,16). The van der Waals surface area contributed by atoms with Crippen molar-refractivity contribution in [3.8, 4) is 0 Å². The lowest BCUT2D eigenvalue weighted by Crippen LogP contribution is -2.51. The minimum Gasteiger partial charge on any atom is -0.384 e. The Morgan fingerprint density at radius 3 is 2.84 bits per heavy atom. The fraction of sp³-hybridized carbons (Fsp3) is 0.571. The number of nitrogens with one attached hydrogen (secondary N) is 1. The molecule has 3 N–H and O–H groups in total. The summed E-state index contributed by atoms with van der Waals surface area (Å²) in [6.45, 7) is 7.08. The smallest absolute Gasteiger partial charge is 0.139 e. The monoisotopic (exact) mass is 261 g/mol. The third-order valence-electron chi connectivity index (χ3n) is 3.85. The average molecular weight is 261 g/mol. The van der Waals surface area contributed by atoms with E-state index in [9.17, 15) is 0 Å². The summed E-state index contributed by atoms with van der Waals surface area (Å²) in [5.74, 6) is 0.952. The van der Waals surface area contributed by atoms with Gasteiger partial charge in [-0.05, 0) is 32.5 Å². The Kier molecular flexibility index (Phi) is 4.04. The number of anilines is 1. The molecule has 0 aromatic carbocycles. The van der Waals surface area contributed by atoms with E-state index in [4.69, 9.17) is 11.1 Å². The predicted octanol–water partition coefficient (Wildman–Crippen LogP) is 1.20. The van der Waals surface area contributed by atoms with Crippen molar-refractivity contribution >= 4 is 11.7 Å². The van der Waals surface area contributed by atoms with Gasteiger partial charge in [-0.1, -0.05) is 6.92 Å². The fourth-order valence-corrected chi connectivity index (χ4v) is 2.57. The predicted molar refractivity (Wildman–Crippen MR) is 78.9 cm³/mol. The summed E-state index contributed by atoms with van der Waals surface area (Å²) >= 11 is 0. The summed E-state index contributed by atoms with van der Waals surface area (Å²) < 4.78 is 0. The minimum absolute atomic E-state index is 0.0921. The molecular formula is C14H23N5. The Bertz CT molecular complexity index is 471. The molecule has 1 saturated heterocycles. The van der Waals surface area contributed by atoms with Gasteiger partial charge in [0, 0.05) is 31.4 Å². The van der Waals surface area contributed by atoms with Gasteiger partial charge in [0.05, 0.1) is 5.56 Å². The molecular weight excluding hydrogens is 238 g/mol. The molecule has 2 heterocycles. The first kappa shape index (κ1) is 13.8. The van der Waals surface area contributed by atoms with Crippen molar-refractivity contribution in [2.24, 2.45) is 5.73 Å². The molecule has 0 bridgehead atoms. The van der Waals surface area contributed by atoms with E-state index in [2.05, 4.69) is 28.8 Å². The van der Waals surface area contributed by atoms with E-state index in [0.29, 0.717) is 6.04 Å². The number of nitrogen functional groups attached to an aromatic ring is 1. The van der Waals surface area contributed by atoms with Crippen LogP contribution in [0.15, 0.2) is 12.1 Å². The third kappa shape index (κ3) is 2.87. The van der Waals surface area contributed by atoms with Crippen LogP contribution in [-0.4, -0.2) is 48.4 Å².